The third-order valence-electron chi connectivity index (χ3n) is 4.28. The Morgan fingerprint density at radius 1 is 1.08 bits per heavy atom. The van der Waals surface area contributed by atoms with Crippen molar-refractivity contribution in [3.8, 4) is 0 Å². The Morgan fingerprint density at radius 3 is 2.31 bits per heavy atom. The van der Waals surface area contributed by atoms with E-state index in [1.807, 2.05) is 0 Å². The zero-order chi connectivity index (χ0) is 18.8. The van der Waals surface area contributed by atoms with E-state index in [9.17, 15) is 22.4 Å². The number of urea groups is 1. The number of hydrogen-bond donors (Lipinski definition) is 1. The number of likely N-dealkylation sites (tertiary alicyclic amines) is 1. The number of nitrogens with zero attached hydrogens (tertiary/aromatic N) is 3. The Kier molecular flexibility index (Phi) is 4.80. The van der Waals surface area contributed by atoms with Crippen LogP contribution in [-0.4, -0.2) is 34.0 Å². The minimum absolute atomic E-state index is 0.0225. The second-order valence-corrected chi connectivity index (χ2v) is 6.00. The first-order chi connectivity index (χ1) is 12.3. The molecule has 5 nitrogen and oxygen atoms in total. The number of carbonyl (C=O) groups excluding carboxylic acids is 1. The van der Waals surface area contributed by atoms with E-state index in [2.05, 4.69) is 15.3 Å². The monoisotopic (exact) mass is 368 g/mol. The molecule has 9 heteroatoms. The zero-order valence-electron chi connectivity index (χ0n) is 13.6. The number of carbonyl (C=O) groups is 1. The maximum absolute atomic E-state index is 15.0. The van der Waals surface area contributed by atoms with Crippen LogP contribution in [-0.2, 0) is 11.8 Å². The van der Waals surface area contributed by atoms with Crippen molar-refractivity contribution in [1.29, 1.82) is 0 Å². The first-order valence-corrected chi connectivity index (χ1v) is 7.98. The molecular weight excluding hydrogens is 352 g/mol. The van der Waals surface area contributed by atoms with Gasteiger partial charge in [0.2, 0.25) is 0 Å². The molecule has 3 rings (SSSR count). The van der Waals surface area contributed by atoms with Crippen LogP contribution in [0, 0.1) is 0 Å². The first-order valence-electron chi connectivity index (χ1n) is 7.98. The van der Waals surface area contributed by atoms with E-state index in [1.54, 1.807) is 6.07 Å². The van der Waals surface area contributed by atoms with Crippen molar-refractivity contribution in [3.05, 3.63) is 54.1 Å². The summed E-state index contributed by atoms with van der Waals surface area (Å²) < 4.78 is 54.0. The summed E-state index contributed by atoms with van der Waals surface area (Å²) >= 11 is 0. The number of para-hydroxylation sites is 1. The van der Waals surface area contributed by atoms with Gasteiger partial charge in [0.25, 0.3) is 0 Å². The average Bonchev–Trinajstić information content (AvgIpc) is 2.62. The number of piperidine rings is 1. The van der Waals surface area contributed by atoms with Gasteiger partial charge in [0, 0.05) is 38.3 Å². The minimum Gasteiger partial charge on any atom is -0.324 e. The molecule has 1 aromatic heterocycles. The van der Waals surface area contributed by atoms with Crippen LogP contribution in [0.1, 0.15) is 24.2 Å². The van der Waals surface area contributed by atoms with E-state index in [0.29, 0.717) is 0 Å². The number of alkyl halides is 4. The minimum atomic E-state index is -4.58. The van der Waals surface area contributed by atoms with Gasteiger partial charge in [0.1, 0.15) is 0 Å². The Bertz CT molecular complexity index is 774. The Morgan fingerprint density at radius 2 is 1.69 bits per heavy atom. The first kappa shape index (κ1) is 18.1. The van der Waals surface area contributed by atoms with Crippen molar-refractivity contribution in [2.24, 2.45) is 0 Å². The molecule has 1 aliphatic heterocycles. The predicted molar refractivity (Wildman–Crippen MR) is 86.1 cm³/mol. The molecule has 1 saturated heterocycles. The molecule has 1 aliphatic rings. The third-order valence-corrected chi connectivity index (χ3v) is 4.28. The van der Waals surface area contributed by atoms with E-state index in [-0.39, 0.29) is 37.4 Å². The summed E-state index contributed by atoms with van der Waals surface area (Å²) in [7, 11) is 0. The third kappa shape index (κ3) is 3.76. The van der Waals surface area contributed by atoms with Crippen molar-refractivity contribution in [1.82, 2.24) is 14.9 Å². The number of rotatable bonds is 2. The van der Waals surface area contributed by atoms with Crippen LogP contribution in [0.2, 0.25) is 0 Å². The van der Waals surface area contributed by atoms with Gasteiger partial charge in [0.15, 0.2) is 11.5 Å². The number of aromatic nitrogens is 2. The van der Waals surface area contributed by atoms with Crippen LogP contribution in [0.5, 0.6) is 0 Å². The van der Waals surface area contributed by atoms with Gasteiger partial charge in [-0.15, -0.1) is 0 Å². The van der Waals surface area contributed by atoms with Gasteiger partial charge < -0.3 is 10.2 Å². The van der Waals surface area contributed by atoms with Crippen LogP contribution < -0.4 is 5.32 Å². The fourth-order valence-electron chi connectivity index (χ4n) is 2.85. The summed E-state index contributed by atoms with van der Waals surface area (Å²) in [6.07, 6.45) is -1.74. The number of anilines is 1. The summed E-state index contributed by atoms with van der Waals surface area (Å²) in [5, 5.41) is 2.27. The maximum atomic E-state index is 15.0. The molecule has 0 atom stereocenters. The van der Waals surface area contributed by atoms with Crippen LogP contribution in [0.3, 0.4) is 0 Å². The van der Waals surface area contributed by atoms with Crippen molar-refractivity contribution in [2.45, 2.75) is 24.7 Å². The normalized spacial score (nSPS) is 17.0. The van der Waals surface area contributed by atoms with Gasteiger partial charge in [0.05, 0.1) is 11.3 Å². The highest BCUT2D eigenvalue weighted by molar-refractivity contribution is 5.90. The largest absolute Gasteiger partial charge is 0.418 e. The van der Waals surface area contributed by atoms with Crippen LogP contribution >= 0.6 is 0 Å². The molecular formula is C17H16F4N4O. The SMILES string of the molecule is O=C(Nc1ccccc1C(F)(F)F)N1CCC(F)(c2ncccn2)CC1. The lowest BCUT2D eigenvalue weighted by Gasteiger charge is -2.35. The Balaban J connectivity index is 1.67. The van der Waals surface area contributed by atoms with Crippen molar-refractivity contribution < 1.29 is 22.4 Å². The number of benzene rings is 1. The molecule has 26 heavy (non-hydrogen) atoms. The summed E-state index contributed by atoms with van der Waals surface area (Å²) in [6.45, 7) is 0.101. The predicted octanol–water partition coefficient (Wildman–Crippen LogP) is 3.99. The number of nitrogens with one attached hydrogen (secondary N) is 1. The van der Waals surface area contributed by atoms with E-state index >= 15 is 0 Å². The molecule has 1 aromatic carbocycles. The molecule has 0 unspecified atom stereocenters. The highest BCUT2D eigenvalue weighted by Gasteiger charge is 2.40. The lowest BCUT2D eigenvalue weighted by Crippen LogP contribution is -2.45. The molecule has 0 spiro atoms. The van der Waals surface area contributed by atoms with Crippen LogP contribution in [0.25, 0.3) is 0 Å². The number of amides is 2. The number of hydrogen-bond acceptors (Lipinski definition) is 3. The molecule has 0 bridgehead atoms. The quantitative estimate of drug-likeness (QED) is 0.816. The maximum Gasteiger partial charge on any atom is 0.418 e. The lowest BCUT2D eigenvalue weighted by atomic mass is 9.92. The molecule has 0 saturated carbocycles. The van der Waals surface area contributed by atoms with Crippen molar-refractivity contribution in [3.63, 3.8) is 0 Å². The van der Waals surface area contributed by atoms with Gasteiger partial charge in [-0.1, -0.05) is 12.1 Å². The average molecular weight is 368 g/mol. The summed E-state index contributed by atoms with van der Waals surface area (Å²) in [5.41, 5.74) is -3.00. The summed E-state index contributed by atoms with van der Waals surface area (Å²) in [5.74, 6) is 0.0578. The van der Waals surface area contributed by atoms with Crippen LogP contribution in [0.4, 0.5) is 28.0 Å². The second kappa shape index (κ2) is 6.89. The molecule has 1 fully saturated rings. The molecule has 2 aromatic rings. The van der Waals surface area contributed by atoms with E-state index in [0.717, 1.165) is 6.07 Å². The summed E-state index contributed by atoms with van der Waals surface area (Å²) in [4.78, 5) is 21.4. The van der Waals surface area contributed by atoms with Crippen molar-refractivity contribution in [2.75, 3.05) is 18.4 Å². The van der Waals surface area contributed by atoms with Gasteiger partial charge >= 0.3 is 12.2 Å². The fraction of sp³-hybridized carbons (Fsp3) is 0.353. The lowest BCUT2D eigenvalue weighted by molar-refractivity contribution is -0.136. The second-order valence-electron chi connectivity index (χ2n) is 6.00. The van der Waals surface area contributed by atoms with E-state index in [4.69, 9.17) is 0 Å². The van der Waals surface area contributed by atoms with E-state index < -0.39 is 23.4 Å². The standard InChI is InChI=1S/C17H16F4N4O/c18-16(14-22-8-3-9-23-14)6-10-25(11-7-16)15(26)24-13-5-2-1-4-12(13)17(19,20)21/h1-5,8-9H,6-7,10-11H2,(H,24,26). The summed E-state index contributed by atoms with van der Waals surface area (Å²) in [6, 6.07) is 5.61. The Labute approximate surface area is 147 Å². The van der Waals surface area contributed by atoms with Crippen molar-refractivity contribution >= 4 is 11.7 Å². The molecule has 1 N–H and O–H groups in total. The highest BCUT2D eigenvalue weighted by atomic mass is 19.4. The molecule has 138 valence electrons. The fourth-order valence-corrected chi connectivity index (χ4v) is 2.85. The van der Waals surface area contributed by atoms with E-state index in [1.165, 1.54) is 35.5 Å². The smallest absolute Gasteiger partial charge is 0.324 e. The Hall–Kier alpha value is -2.71. The molecule has 2 heterocycles. The topological polar surface area (TPSA) is 58.1 Å². The van der Waals surface area contributed by atoms with Gasteiger partial charge in [-0.05, 0) is 18.2 Å². The number of halogens is 4. The van der Waals surface area contributed by atoms with Gasteiger partial charge in [-0.25, -0.2) is 19.2 Å². The molecule has 0 aliphatic carbocycles. The van der Waals surface area contributed by atoms with Crippen LogP contribution in [0.15, 0.2) is 42.7 Å². The molecule has 2 amide bonds. The van der Waals surface area contributed by atoms with Gasteiger partial charge in [-0.2, -0.15) is 13.2 Å². The van der Waals surface area contributed by atoms with Gasteiger partial charge in [-0.3, -0.25) is 0 Å². The zero-order valence-corrected chi connectivity index (χ0v) is 13.6. The highest BCUT2D eigenvalue weighted by Crippen LogP contribution is 2.36. The molecule has 0 radical (unpaired) electrons.